The Morgan fingerprint density at radius 2 is 1.83 bits per heavy atom. The van der Waals surface area contributed by atoms with Gasteiger partial charge < -0.3 is 15.6 Å². The molecule has 1 aromatic carbocycles. The first-order chi connectivity index (χ1) is 17.2. The minimum Gasteiger partial charge on any atom is -0.403 e. The highest BCUT2D eigenvalue weighted by atomic mass is 15.3. The third-order valence-electron chi connectivity index (χ3n) is 7.18. The Morgan fingerprint density at radius 3 is 2.51 bits per heavy atom. The number of H-pyrrole nitrogens is 1. The molecule has 4 aromatic rings. The van der Waals surface area contributed by atoms with E-state index in [-0.39, 0.29) is 0 Å². The topological polar surface area (TPSA) is 74.1 Å². The van der Waals surface area contributed by atoms with Gasteiger partial charge in [-0.05, 0) is 59.9 Å². The van der Waals surface area contributed by atoms with Gasteiger partial charge in [-0.2, -0.15) is 0 Å². The average molecular weight is 463 g/mol. The Balaban J connectivity index is 1.30. The lowest BCUT2D eigenvalue weighted by Gasteiger charge is -2.36. The molecule has 3 N–H and O–H groups in total. The van der Waals surface area contributed by atoms with Crippen LogP contribution >= 0.6 is 0 Å². The lowest BCUT2D eigenvalue weighted by Crippen LogP contribution is -2.47. The minimum atomic E-state index is 0.806. The van der Waals surface area contributed by atoms with Gasteiger partial charge in [0.15, 0.2) is 0 Å². The van der Waals surface area contributed by atoms with Crippen molar-refractivity contribution < 1.29 is 0 Å². The van der Waals surface area contributed by atoms with E-state index in [0.717, 1.165) is 63.0 Å². The summed E-state index contributed by atoms with van der Waals surface area (Å²) in [4.78, 5) is 17.4. The number of anilines is 1. The molecule has 2 aliphatic rings. The molecule has 1 saturated heterocycles. The molecule has 6 heteroatoms. The summed E-state index contributed by atoms with van der Waals surface area (Å²) in [5.74, 6) is 0. The molecule has 6 nitrogen and oxygen atoms in total. The van der Waals surface area contributed by atoms with Crippen molar-refractivity contribution in [1.29, 1.82) is 0 Å². The number of hydrogen-bond donors (Lipinski definition) is 2. The standard InChI is InChI=1S/C29H30N6/c1-20(22-3-2-10-31-18-22)15-26-27-16-23(19-32-29(27)33-28(26)17-30)21-4-6-24(7-5-21)34-11-13-35(14-12-34)25-8-9-25/h2-7,10,15-19,25H,1,8-9,11-14,30H2,(H,32,33)/b26-15-,28-17+. The van der Waals surface area contributed by atoms with Crippen molar-refractivity contribution >= 4 is 34.6 Å². The molecule has 3 aromatic heterocycles. The molecule has 0 amide bonds. The van der Waals surface area contributed by atoms with Gasteiger partial charge in [0.2, 0.25) is 0 Å². The van der Waals surface area contributed by atoms with Gasteiger partial charge in [-0.25, -0.2) is 4.98 Å². The quantitative estimate of drug-likeness (QED) is 0.477. The van der Waals surface area contributed by atoms with E-state index in [2.05, 4.69) is 56.7 Å². The van der Waals surface area contributed by atoms with E-state index in [1.807, 2.05) is 30.6 Å². The third-order valence-corrected chi connectivity index (χ3v) is 7.18. The normalized spacial score (nSPS) is 17.9. The van der Waals surface area contributed by atoms with Crippen molar-refractivity contribution in [2.24, 2.45) is 5.73 Å². The van der Waals surface area contributed by atoms with Crippen molar-refractivity contribution in [1.82, 2.24) is 19.9 Å². The highest BCUT2D eigenvalue weighted by molar-refractivity contribution is 5.92. The molecule has 4 heterocycles. The smallest absolute Gasteiger partial charge is 0.138 e. The SMILES string of the molecule is C=C(/C=c1\c(=C/N)[nH]c2ncc(-c3ccc(N4CCN(C5CC5)CC4)cc3)cc12)c1cccnc1. The van der Waals surface area contributed by atoms with Crippen LogP contribution in [0.5, 0.6) is 0 Å². The molecular weight excluding hydrogens is 432 g/mol. The molecule has 35 heavy (non-hydrogen) atoms. The molecule has 0 radical (unpaired) electrons. The molecule has 176 valence electrons. The number of aromatic nitrogens is 3. The number of nitrogens with two attached hydrogens (primary N) is 1. The van der Waals surface area contributed by atoms with Crippen LogP contribution in [-0.4, -0.2) is 52.1 Å². The predicted octanol–water partition coefficient (Wildman–Crippen LogP) is 3.10. The lowest BCUT2D eigenvalue weighted by atomic mass is 10.0. The monoisotopic (exact) mass is 462 g/mol. The van der Waals surface area contributed by atoms with E-state index < -0.39 is 0 Å². The fourth-order valence-corrected chi connectivity index (χ4v) is 5.01. The van der Waals surface area contributed by atoms with Crippen LogP contribution in [0.1, 0.15) is 18.4 Å². The molecule has 0 atom stereocenters. The number of fused-ring (bicyclic) bond motifs is 1. The predicted molar refractivity (Wildman–Crippen MR) is 144 cm³/mol. The van der Waals surface area contributed by atoms with E-state index in [1.54, 1.807) is 12.4 Å². The van der Waals surface area contributed by atoms with E-state index in [0.29, 0.717) is 0 Å². The summed E-state index contributed by atoms with van der Waals surface area (Å²) in [5, 5.41) is 2.83. The van der Waals surface area contributed by atoms with Gasteiger partial charge >= 0.3 is 0 Å². The van der Waals surface area contributed by atoms with Crippen LogP contribution in [0.3, 0.4) is 0 Å². The zero-order valence-electron chi connectivity index (χ0n) is 19.8. The molecule has 1 aliphatic carbocycles. The molecule has 2 fully saturated rings. The number of benzene rings is 1. The van der Waals surface area contributed by atoms with E-state index in [4.69, 9.17) is 10.7 Å². The Labute approximate surface area is 205 Å². The number of piperazine rings is 1. The number of aromatic amines is 1. The summed E-state index contributed by atoms with van der Waals surface area (Å²) in [6.07, 6.45) is 11.9. The van der Waals surface area contributed by atoms with Crippen LogP contribution in [0.25, 0.3) is 40.0 Å². The summed E-state index contributed by atoms with van der Waals surface area (Å²) in [5.41, 5.74) is 12.1. The van der Waals surface area contributed by atoms with E-state index in [9.17, 15) is 0 Å². The second-order valence-corrected chi connectivity index (χ2v) is 9.45. The van der Waals surface area contributed by atoms with E-state index in [1.165, 1.54) is 31.6 Å². The van der Waals surface area contributed by atoms with Crippen molar-refractivity contribution in [2.75, 3.05) is 31.1 Å². The molecular formula is C29H30N6. The van der Waals surface area contributed by atoms with Gasteiger partial charge in [-0.15, -0.1) is 0 Å². The van der Waals surface area contributed by atoms with Gasteiger partial charge in [0.1, 0.15) is 5.65 Å². The third kappa shape index (κ3) is 4.33. The molecule has 0 spiro atoms. The van der Waals surface area contributed by atoms with Crippen molar-refractivity contribution in [3.8, 4) is 11.1 Å². The van der Waals surface area contributed by atoms with Crippen LogP contribution < -0.4 is 21.2 Å². The van der Waals surface area contributed by atoms with Crippen LogP contribution in [0, 0.1) is 0 Å². The number of nitrogens with one attached hydrogen (secondary N) is 1. The first kappa shape index (κ1) is 21.6. The maximum atomic E-state index is 5.94. The number of nitrogens with zero attached hydrogens (tertiary/aromatic N) is 4. The Hall–Kier alpha value is -3.90. The zero-order valence-corrected chi connectivity index (χ0v) is 19.8. The number of rotatable bonds is 5. The van der Waals surface area contributed by atoms with Crippen LogP contribution in [-0.2, 0) is 0 Å². The second-order valence-electron chi connectivity index (χ2n) is 9.45. The summed E-state index contributed by atoms with van der Waals surface area (Å²) in [7, 11) is 0. The highest BCUT2D eigenvalue weighted by Crippen LogP contribution is 2.29. The highest BCUT2D eigenvalue weighted by Gasteiger charge is 2.31. The zero-order chi connectivity index (χ0) is 23.8. The van der Waals surface area contributed by atoms with Crippen molar-refractivity contribution in [3.63, 3.8) is 0 Å². The van der Waals surface area contributed by atoms with Crippen molar-refractivity contribution in [2.45, 2.75) is 18.9 Å². The number of hydrogen-bond acceptors (Lipinski definition) is 5. The van der Waals surface area contributed by atoms with Crippen molar-refractivity contribution in [3.05, 3.63) is 83.8 Å². The molecule has 0 unspecified atom stereocenters. The molecule has 1 aliphatic heterocycles. The van der Waals surface area contributed by atoms with Gasteiger partial charge in [0.25, 0.3) is 0 Å². The van der Waals surface area contributed by atoms with E-state index >= 15 is 0 Å². The average Bonchev–Trinajstić information content (AvgIpc) is 3.72. The lowest BCUT2D eigenvalue weighted by molar-refractivity contribution is 0.248. The first-order valence-electron chi connectivity index (χ1n) is 12.3. The molecule has 0 bridgehead atoms. The van der Waals surface area contributed by atoms with Crippen LogP contribution in [0.2, 0.25) is 0 Å². The molecule has 1 saturated carbocycles. The first-order valence-corrected chi connectivity index (χ1v) is 12.3. The summed E-state index contributed by atoms with van der Waals surface area (Å²) >= 11 is 0. The maximum Gasteiger partial charge on any atom is 0.138 e. The maximum absolute atomic E-state index is 5.94. The fourth-order valence-electron chi connectivity index (χ4n) is 5.01. The Morgan fingerprint density at radius 1 is 1.03 bits per heavy atom. The number of allylic oxidation sites excluding steroid dienone is 1. The van der Waals surface area contributed by atoms with Gasteiger partial charge in [-0.3, -0.25) is 9.88 Å². The van der Waals surface area contributed by atoms with Gasteiger partial charge in [-0.1, -0.05) is 24.8 Å². The van der Waals surface area contributed by atoms with Crippen LogP contribution in [0.15, 0.2) is 67.6 Å². The van der Waals surface area contributed by atoms with Crippen LogP contribution in [0.4, 0.5) is 5.69 Å². The summed E-state index contributed by atoms with van der Waals surface area (Å²) in [6, 6.07) is 15.8. The van der Waals surface area contributed by atoms with Gasteiger partial charge in [0, 0.05) is 78.9 Å². The Bertz CT molecular complexity index is 1470. The van der Waals surface area contributed by atoms with Gasteiger partial charge in [0.05, 0.1) is 5.35 Å². The fraction of sp³-hybridized carbons (Fsp3) is 0.241. The number of pyridine rings is 2. The summed E-state index contributed by atoms with van der Waals surface area (Å²) in [6.45, 7) is 8.79. The largest absolute Gasteiger partial charge is 0.403 e. The molecule has 6 rings (SSSR count). The minimum absolute atomic E-state index is 0.806. The second kappa shape index (κ2) is 9.04. The summed E-state index contributed by atoms with van der Waals surface area (Å²) < 4.78 is 0. The Kier molecular flexibility index (Phi) is 5.58.